The summed E-state index contributed by atoms with van der Waals surface area (Å²) < 4.78 is 0. The maximum Gasteiger partial charge on any atom is 0.0568 e. The zero-order chi connectivity index (χ0) is 10.7. The fourth-order valence-corrected chi connectivity index (χ4v) is 2.99. The Morgan fingerprint density at radius 2 is 1.87 bits per heavy atom. The highest BCUT2D eigenvalue weighted by molar-refractivity contribution is 4.78. The van der Waals surface area contributed by atoms with E-state index in [0.29, 0.717) is 5.92 Å². The minimum atomic E-state index is 0.00807. The normalized spacial score (nSPS) is 34.8. The van der Waals surface area contributed by atoms with Crippen molar-refractivity contribution in [1.29, 1.82) is 0 Å². The maximum atomic E-state index is 9.74. The molecule has 1 saturated carbocycles. The summed E-state index contributed by atoms with van der Waals surface area (Å²) in [5.74, 6) is 1.53. The molecule has 2 rings (SSSR count). The Hall–Kier alpha value is -0.0800. The number of hydrogen-bond donors (Lipinski definition) is 1. The van der Waals surface area contributed by atoms with Crippen LogP contribution >= 0.6 is 0 Å². The van der Waals surface area contributed by atoms with Gasteiger partial charge in [-0.2, -0.15) is 0 Å². The van der Waals surface area contributed by atoms with E-state index in [1.54, 1.807) is 0 Å². The minimum Gasteiger partial charge on any atom is -0.393 e. The van der Waals surface area contributed by atoms with E-state index in [0.717, 1.165) is 12.3 Å². The molecule has 2 aliphatic rings. The highest BCUT2D eigenvalue weighted by Crippen LogP contribution is 2.28. The summed E-state index contributed by atoms with van der Waals surface area (Å²) in [5, 5.41) is 9.74. The second-order valence-corrected chi connectivity index (χ2v) is 5.57. The van der Waals surface area contributed by atoms with Crippen molar-refractivity contribution in [3.05, 3.63) is 0 Å². The second kappa shape index (κ2) is 5.31. The van der Waals surface area contributed by atoms with Crippen molar-refractivity contribution in [3.8, 4) is 0 Å². The molecule has 1 saturated heterocycles. The van der Waals surface area contributed by atoms with Crippen molar-refractivity contribution in [2.24, 2.45) is 11.8 Å². The van der Waals surface area contributed by atoms with E-state index in [4.69, 9.17) is 0 Å². The number of piperidine rings is 1. The molecule has 1 aliphatic heterocycles. The molecule has 1 heterocycles. The number of nitrogens with zero attached hydrogens (tertiary/aromatic N) is 1. The Balaban J connectivity index is 1.65. The molecule has 2 atom stereocenters. The average Bonchev–Trinajstić information content (AvgIpc) is 2.63. The summed E-state index contributed by atoms with van der Waals surface area (Å²) >= 11 is 0. The van der Waals surface area contributed by atoms with Gasteiger partial charge >= 0.3 is 0 Å². The Kier molecular flexibility index (Phi) is 4.04. The Morgan fingerprint density at radius 1 is 1.13 bits per heavy atom. The van der Waals surface area contributed by atoms with Crippen LogP contribution in [0.1, 0.15) is 45.4 Å². The lowest BCUT2D eigenvalue weighted by molar-refractivity contribution is 0.111. The molecule has 0 aromatic heterocycles. The lowest BCUT2D eigenvalue weighted by Gasteiger charge is -2.31. The summed E-state index contributed by atoms with van der Waals surface area (Å²) in [6, 6.07) is 0. The van der Waals surface area contributed by atoms with Gasteiger partial charge in [-0.15, -0.1) is 0 Å². The van der Waals surface area contributed by atoms with Crippen LogP contribution in [0.2, 0.25) is 0 Å². The van der Waals surface area contributed by atoms with E-state index in [9.17, 15) is 5.11 Å². The van der Waals surface area contributed by atoms with Crippen LogP contribution in [0, 0.1) is 11.8 Å². The van der Waals surface area contributed by atoms with Crippen molar-refractivity contribution in [2.45, 2.75) is 51.6 Å². The number of likely N-dealkylation sites (tertiary alicyclic amines) is 1. The van der Waals surface area contributed by atoms with Gasteiger partial charge in [0.15, 0.2) is 0 Å². The van der Waals surface area contributed by atoms with Crippen LogP contribution in [0.15, 0.2) is 0 Å². The summed E-state index contributed by atoms with van der Waals surface area (Å²) in [6.45, 7) is 6.14. The third-order valence-corrected chi connectivity index (χ3v) is 4.31. The first-order chi connectivity index (χ1) is 7.25. The number of aliphatic hydroxyl groups excluding tert-OH is 1. The molecule has 0 spiro atoms. The minimum absolute atomic E-state index is 0.00807. The first-order valence-electron chi connectivity index (χ1n) is 6.66. The van der Waals surface area contributed by atoms with Gasteiger partial charge < -0.3 is 10.0 Å². The number of hydrogen-bond acceptors (Lipinski definition) is 2. The molecule has 1 N–H and O–H groups in total. The predicted octanol–water partition coefficient (Wildman–Crippen LogP) is 2.27. The molecule has 0 aromatic rings. The Bertz CT molecular complexity index is 187. The standard InChI is InChI=1S/C13H25NO/c1-11-5-8-14(9-6-11)10-7-12-3-2-4-13(12)15/h11-13,15H,2-10H2,1H3. The predicted molar refractivity (Wildman–Crippen MR) is 62.8 cm³/mol. The third kappa shape index (κ3) is 3.18. The van der Waals surface area contributed by atoms with Gasteiger partial charge in [-0.05, 0) is 63.6 Å². The van der Waals surface area contributed by atoms with Gasteiger partial charge in [0, 0.05) is 0 Å². The molecule has 0 bridgehead atoms. The SMILES string of the molecule is CC1CCN(CCC2CCCC2O)CC1. The highest BCUT2D eigenvalue weighted by atomic mass is 16.3. The molecule has 2 heteroatoms. The number of aliphatic hydroxyl groups is 1. The molecule has 0 aromatic carbocycles. The van der Waals surface area contributed by atoms with E-state index >= 15 is 0 Å². The van der Waals surface area contributed by atoms with Gasteiger partial charge in [-0.25, -0.2) is 0 Å². The molecule has 1 aliphatic carbocycles. The van der Waals surface area contributed by atoms with E-state index in [1.165, 1.54) is 51.7 Å². The first-order valence-corrected chi connectivity index (χ1v) is 6.66. The van der Waals surface area contributed by atoms with Crippen LogP contribution in [-0.4, -0.2) is 35.7 Å². The molecule has 88 valence electrons. The van der Waals surface area contributed by atoms with E-state index in [-0.39, 0.29) is 6.10 Å². The largest absolute Gasteiger partial charge is 0.393 e. The van der Waals surface area contributed by atoms with Gasteiger partial charge in [0.05, 0.1) is 6.10 Å². The summed E-state index contributed by atoms with van der Waals surface area (Å²) in [6.07, 6.45) is 7.50. The molecular formula is C13H25NO. The lowest BCUT2D eigenvalue weighted by Crippen LogP contribution is -2.35. The van der Waals surface area contributed by atoms with E-state index < -0.39 is 0 Å². The van der Waals surface area contributed by atoms with Gasteiger partial charge in [0.2, 0.25) is 0 Å². The van der Waals surface area contributed by atoms with Crippen molar-refractivity contribution < 1.29 is 5.11 Å². The van der Waals surface area contributed by atoms with Crippen molar-refractivity contribution in [3.63, 3.8) is 0 Å². The van der Waals surface area contributed by atoms with E-state index in [2.05, 4.69) is 11.8 Å². The third-order valence-electron chi connectivity index (χ3n) is 4.31. The maximum absolute atomic E-state index is 9.74. The Labute approximate surface area is 93.7 Å². The fraction of sp³-hybridized carbons (Fsp3) is 1.00. The topological polar surface area (TPSA) is 23.5 Å². The lowest BCUT2D eigenvalue weighted by atomic mass is 9.97. The highest BCUT2D eigenvalue weighted by Gasteiger charge is 2.25. The molecule has 2 unspecified atom stereocenters. The average molecular weight is 211 g/mol. The quantitative estimate of drug-likeness (QED) is 0.774. The zero-order valence-corrected chi connectivity index (χ0v) is 9.99. The second-order valence-electron chi connectivity index (χ2n) is 5.57. The van der Waals surface area contributed by atoms with E-state index in [1.807, 2.05) is 0 Å². The zero-order valence-electron chi connectivity index (χ0n) is 9.99. The summed E-state index contributed by atoms with van der Waals surface area (Å²) in [7, 11) is 0. The van der Waals surface area contributed by atoms with Crippen LogP contribution in [-0.2, 0) is 0 Å². The fourth-order valence-electron chi connectivity index (χ4n) is 2.99. The van der Waals surface area contributed by atoms with Crippen molar-refractivity contribution >= 4 is 0 Å². The molecule has 2 nitrogen and oxygen atoms in total. The van der Waals surface area contributed by atoms with Crippen molar-refractivity contribution in [2.75, 3.05) is 19.6 Å². The van der Waals surface area contributed by atoms with Crippen LogP contribution in [0.5, 0.6) is 0 Å². The molecule has 0 amide bonds. The molecule has 15 heavy (non-hydrogen) atoms. The molecule has 2 fully saturated rings. The van der Waals surface area contributed by atoms with Crippen LogP contribution < -0.4 is 0 Å². The molecule has 0 radical (unpaired) electrons. The first kappa shape index (κ1) is 11.4. The van der Waals surface area contributed by atoms with Crippen molar-refractivity contribution in [1.82, 2.24) is 4.90 Å². The van der Waals surface area contributed by atoms with Gasteiger partial charge in [0.25, 0.3) is 0 Å². The monoisotopic (exact) mass is 211 g/mol. The van der Waals surface area contributed by atoms with Gasteiger partial charge in [-0.1, -0.05) is 13.3 Å². The van der Waals surface area contributed by atoms with Crippen LogP contribution in [0.4, 0.5) is 0 Å². The smallest absolute Gasteiger partial charge is 0.0568 e. The van der Waals surface area contributed by atoms with Gasteiger partial charge in [-0.3, -0.25) is 0 Å². The Morgan fingerprint density at radius 3 is 2.47 bits per heavy atom. The summed E-state index contributed by atoms with van der Waals surface area (Å²) in [4.78, 5) is 2.59. The summed E-state index contributed by atoms with van der Waals surface area (Å²) in [5.41, 5.74) is 0. The van der Waals surface area contributed by atoms with Gasteiger partial charge in [0.1, 0.15) is 0 Å². The van der Waals surface area contributed by atoms with Crippen LogP contribution in [0.25, 0.3) is 0 Å². The number of rotatable bonds is 3. The molecular weight excluding hydrogens is 186 g/mol. The van der Waals surface area contributed by atoms with Crippen LogP contribution in [0.3, 0.4) is 0 Å².